The van der Waals surface area contributed by atoms with Crippen molar-refractivity contribution < 1.29 is 9.53 Å². The first-order valence-electron chi connectivity index (χ1n) is 8.02. The molecule has 6 nitrogen and oxygen atoms in total. The summed E-state index contributed by atoms with van der Waals surface area (Å²) < 4.78 is 4.82. The molecule has 2 aromatic rings. The van der Waals surface area contributed by atoms with Crippen molar-refractivity contribution >= 4 is 35.0 Å². The Morgan fingerprint density at radius 2 is 2.00 bits per heavy atom. The van der Waals surface area contributed by atoms with Gasteiger partial charge in [-0.1, -0.05) is 17.7 Å². The maximum Gasteiger partial charge on any atom is 0.411 e. The molecule has 25 heavy (non-hydrogen) atoms. The summed E-state index contributed by atoms with van der Waals surface area (Å²) in [5.74, 6) is 0.829. The second-order valence-electron chi connectivity index (χ2n) is 5.76. The second kappa shape index (κ2) is 8.07. The van der Waals surface area contributed by atoms with Crippen molar-refractivity contribution in [1.82, 2.24) is 4.98 Å². The van der Waals surface area contributed by atoms with Crippen LogP contribution >= 0.6 is 11.6 Å². The molecule has 7 heteroatoms. The van der Waals surface area contributed by atoms with Gasteiger partial charge in [0, 0.05) is 11.6 Å². The first kappa shape index (κ1) is 18.9. The number of benzene rings is 1. The van der Waals surface area contributed by atoms with Crippen molar-refractivity contribution in [2.45, 2.75) is 34.2 Å². The van der Waals surface area contributed by atoms with Crippen molar-refractivity contribution in [3.8, 4) is 0 Å². The number of aryl methyl sites for hydroxylation is 2. The van der Waals surface area contributed by atoms with Crippen molar-refractivity contribution in [1.29, 1.82) is 0 Å². The normalized spacial score (nSPS) is 10.4. The van der Waals surface area contributed by atoms with Crippen molar-refractivity contribution in [3.63, 3.8) is 0 Å². The molecule has 4 N–H and O–H groups in total. The average Bonchev–Trinajstić information content (AvgIpc) is 2.55. The summed E-state index contributed by atoms with van der Waals surface area (Å²) >= 11 is 6.34. The highest BCUT2D eigenvalue weighted by molar-refractivity contribution is 6.32. The Bertz CT molecular complexity index is 793. The lowest BCUT2D eigenvalue weighted by Crippen LogP contribution is -2.15. The van der Waals surface area contributed by atoms with E-state index in [0.717, 1.165) is 21.7 Å². The highest BCUT2D eigenvalue weighted by Gasteiger charge is 2.11. The Morgan fingerprint density at radius 1 is 1.28 bits per heavy atom. The Balaban J connectivity index is 2.11. The van der Waals surface area contributed by atoms with Crippen LogP contribution in [-0.2, 0) is 11.3 Å². The largest absolute Gasteiger partial charge is 0.450 e. The van der Waals surface area contributed by atoms with Gasteiger partial charge in [0.2, 0.25) is 0 Å². The van der Waals surface area contributed by atoms with Crippen LogP contribution < -0.4 is 16.4 Å². The van der Waals surface area contributed by atoms with E-state index in [1.165, 1.54) is 5.56 Å². The van der Waals surface area contributed by atoms with Gasteiger partial charge in [0.1, 0.15) is 11.6 Å². The standard InChI is InChI=1S/C18H23ClN4O2/c1-5-25-18(24)22-14-6-7-15(23-17(14)20)21-9-13-10(2)8-11(3)16(19)12(13)4/h6-8H,5,9H2,1-4H3,(H,22,24)(H3,20,21,23). The van der Waals surface area contributed by atoms with Crippen LogP contribution in [0.5, 0.6) is 0 Å². The maximum absolute atomic E-state index is 11.4. The summed E-state index contributed by atoms with van der Waals surface area (Å²) in [6.07, 6.45) is -0.558. The second-order valence-corrected chi connectivity index (χ2v) is 6.13. The molecule has 0 bridgehead atoms. The third kappa shape index (κ3) is 4.54. The van der Waals surface area contributed by atoms with E-state index in [-0.39, 0.29) is 12.4 Å². The number of pyridine rings is 1. The number of amides is 1. The SMILES string of the molecule is CCOC(=O)Nc1ccc(NCc2c(C)cc(C)c(Cl)c2C)nc1N. The minimum absolute atomic E-state index is 0.216. The van der Waals surface area contributed by atoms with E-state index in [2.05, 4.69) is 28.6 Å². The molecule has 1 amide bonds. The molecule has 2 rings (SSSR count). The number of nitrogens with zero attached hydrogens (tertiary/aromatic N) is 1. The first-order chi connectivity index (χ1) is 11.8. The number of carbonyl (C=O) groups excluding carboxylic acids is 1. The Morgan fingerprint density at radius 3 is 2.64 bits per heavy atom. The molecular formula is C18H23ClN4O2. The molecule has 0 unspecified atom stereocenters. The van der Waals surface area contributed by atoms with Gasteiger partial charge in [-0.2, -0.15) is 0 Å². The van der Waals surface area contributed by atoms with Crippen molar-refractivity contribution in [2.24, 2.45) is 0 Å². The van der Waals surface area contributed by atoms with Crippen LogP contribution in [-0.4, -0.2) is 17.7 Å². The van der Waals surface area contributed by atoms with Crippen LogP contribution in [0, 0.1) is 20.8 Å². The van der Waals surface area contributed by atoms with E-state index >= 15 is 0 Å². The van der Waals surface area contributed by atoms with Crippen LogP contribution in [0.25, 0.3) is 0 Å². The highest BCUT2D eigenvalue weighted by atomic mass is 35.5. The van der Waals surface area contributed by atoms with E-state index in [1.54, 1.807) is 19.1 Å². The van der Waals surface area contributed by atoms with Gasteiger partial charge in [-0.15, -0.1) is 0 Å². The molecule has 0 atom stereocenters. The number of ether oxygens (including phenoxy) is 1. The number of aromatic nitrogens is 1. The van der Waals surface area contributed by atoms with Gasteiger partial charge in [-0.05, 0) is 62.1 Å². The number of nitrogens with one attached hydrogen (secondary N) is 2. The van der Waals surface area contributed by atoms with Gasteiger partial charge in [0.25, 0.3) is 0 Å². The molecular weight excluding hydrogens is 340 g/mol. The number of nitrogens with two attached hydrogens (primary N) is 1. The quantitative estimate of drug-likeness (QED) is 0.732. The van der Waals surface area contributed by atoms with Crippen LogP contribution in [0.2, 0.25) is 5.02 Å². The van der Waals surface area contributed by atoms with Crippen molar-refractivity contribution in [2.75, 3.05) is 23.0 Å². The molecule has 0 saturated heterocycles. The van der Waals surface area contributed by atoms with Gasteiger partial charge in [-0.3, -0.25) is 5.32 Å². The maximum atomic E-state index is 11.4. The number of halogens is 1. The number of rotatable bonds is 5. The summed E-state index contributed by atoms with van der Waals surface area (Å²) in [5, 5.41) is 6.57. The lowest BCUT2D eigenvalue weighted by Gasteiger charge is -2.15. The highest BCUT2D eigenvalue weighted by Crippen LogP contribution is 2.27. The first-order valence-corrected chi connectivity index (χ1v) is 8.40. The Hall–Kier alpha value is -2.47. The summed E-state index contributed by atoms with van der Waals surface area (Å²) in [5.41, 5.74) is 10.7. The van der Waals surface area contributed by atoms with Crippen LogP contribution in [0.15, 0.2) is 18.2 Å². The zero-order valence-electron chi connectivity index (χ0n) is 14.9. The summed E-state index contributed by atoms with van der Waals surface area (Å²) in [4.78, 5) is 15.7. The molecule has 0 aliphatic rings. The zero-order chi connectivity index (χ0) is 18.6. The molecule has 1 aromatic carbocycles. The third-order valence-corrected chi connectivity index (χ3v) is 4.50. The smallest absolute Gasteiger partial charge is 0.411 e. The Labute approximate surface area is 152 Å². The summed E-state index contributed by atoms with van der Waals surface area (Å²) in [7, 11) is 0. The van der Waals surface area contributed by atoms with E-state index in [9.17, 15) is 4.79 Å². The van der Waals surface area contributed by atoms with Crippen molar-refractivity contribution in [3.05, 3.63) is 45.5 Å². The van der Waals surface area contributed by atoms with Gasteiger partial charge >= 0.3 is 6.09 Å². The number of anilines is 3. The molecule has 0 spiro atoms. The van der Waals surface area contributed by atoms with Crippen LogP contribution in [0.3, 0.4) is 0 Å². The molecule has 0 saturated carbocycles. The fraction of sp³-hybridized carbons (Fsp3) is 0.333. The summed E-state index contributed by atoms with van der Waals surface area (Å²) in [6, 6.07) is 5.50. The van der Waals surface area contributed by atoms with E-state index in [1.807, 2.05) is 13.8 Å². The van der Waals surface area contributed by atoms with Gasteiger partial charge in [0.05, 0.1) is 12.3 Å². The topological polar surface area (TPSA) is 89.3 Å². The minimum atomic E-state index is -0.558. The zero-order valence-corrected chi connectivity index (χ0v) is 15.6. The fourth-order valence-corrected chi connectivity index (χ4v) is 2.77. The lowest BCUT2D eigenvalue weighted by molar-refractivity contribution is 0.168. The van der Waals surface area contributed by atoms with Gasteiger partial charge in [0.15, 0.2) is 0 Å². The van der Waals surface area contributed by atoms with E-state index < -0.39 is 6.09 Å². The van der Waals surface area contributed by atoms with Gasteiger partial charge in [-0.25, -0.2) is 9.78 Å². The monoisotopic (exact) mass is 362 g/mol. The molecule has 1 heterocycles. The molecule has 0 aliphatic carbocycles. The number of nitrogen functional groups attached to an aromatic ring is 1. The van der Waals surface area contributed by atoms with Crippen LogP contribution in [0.4, 0.5) is 22.1 Å². The number of hydrogen-bond acceptors (Lipinski definition) is 5. The molecule has 0 aliphatic heterocycles. The van der Waals surface area contributed by atoms with Gasteiger partial charge < -0.3 is 15.8 Å². The van der Waals surface area contributed by atoms with E-state index in [0.29, 0.717) is 18.1 Å². The average molecular weight is 363 g/mol. The fourth-order valence-electron chi connectivity index (χ4n) is 2.61. The predicted molar refractivity (Wildman–Crippen MR) is 102 cm³/mol. The molecule has 134 valence electrons. The third-order valence-electron chi connectivity index (χ3n) is 3.92. The lowest BCUT2D eigenvalue weighted by atomic mass is 9.99. The number of carbonyl (C=O) groups is 1. The number of hydrogen-bond donors (Lipinski definition) is 3. The molecule has 1 aromatic heterocycles. The Kier molecular flexibility index (Phi) is 6.09. The molecule has 0 radical (unpaired) electrons. The molecule has 0 fully saturated rings. The predicted octanol–water partition coefficient (Wildman–Crippen LogP) is 4.42. The summed E-state index contributed by atoms with van der Waals surface area (Å²) in [6.45, 7) is 8.66. The minimum Gasteiger partial charge on any atom is -0.450 e. The van der Waals surface area contributed by atoms with Crippen LogP contribution in [0.1, 0.15) is 29.2 Å². The van der Waals surface area contributed by atoms with E-state index in [4.69, 9.17) is 22.1 Å².